The number of sulfonamides is 1. The van der Waals surface area contributed by atoms with Gasteiger partial charge in [-0.15, -0.1) is 0 Å². The number of nitro groups is 1. The number of nitrogens with one attached hydrogen (secondary N) is 1. The van der Waals surface area contributed by atoms with E-state index in [-0.39, 0.29) is 5.75 Å². The summed E-state index contributed by atoms with van der Waals surface area (Å²) in [6, 6.07) is 7.75. The minimum atomic E-state index is -4.13. The van der Waals surface area contributed by atoms with Crippen molar-refractivity contribution < 1.29 is 32.3 Å². The molecule has 1 amide bonds. The van der Waals surface area contributed by atoms with Crippen molar-refractivity contribution in [1.29, 1.82) is 0 Å². The molecule has 11 nitrogen and oxygen atoms in total. The molecule has 0 aliphatic carbocycles. The second-order valence-electron chi connectivity index (χ2n) is 6.04. The molecule has 0 spiro atoms. The minimum Gasteiger partial charge on any atom is -0.486 e. The van der Waals surface area contributed by atoms with Crippen LogP contribution in [0.1, 0.15) is 6.92 Å². The third-order valence-electron chi connectivity index (χ3n) is 3.94. The zero-order valence-corrected chi connectivity index (χ0v) is 16.0. The van der Waals surface area contributed by atoms with Gasteiger partial charge in [0.15, 0.2) is 23.4 Å². The van der Waals surface area contributed by atoms with Crippen molar-refractivity contribution in [2.45, 2.75) is 17.9 Å². The molecule has 154 valence electrons. The number of nitro benzene ring substituents is 1. The maximum atomic E-state index is 12.4. The smallest absolute Gasteiger partial charge is 0.312 e. The van der Waals surface area contributed by atoms with Gasteiger partial charge in [-0.3, -0.25) is 14.9 Å². The number of fused-ring (bicyclic) bond motifs is 1. The molecule has 3 rings (SSSR count). The van der Waals surface area contributed by atoms with Crippen molar-refractivity contribution in [3.63, 3.8) is 0 Å². The molecule has 2 aromatic carbocycles. The summed E-state index contributed by atoms with van der Waals surface area (Å²) >= 11 is 0. The van der Waals surface area contributed by atoms with Crippen LogP contribution in [0, 0.1) is 10.1 Å². The minimum absolute atomic E-state index is 0.271. The molecule has 0 aromatic heterocycles. The number of carbonyl (C=O) groups excluding carboxylic acids is 1. The van der Waals surface area contributed by atoms with Crippen LogP contribution >= 0.6 is 0 Å². The summed E-state index contributed by atoms with van der Waals surface area (Å²) in [4.78, 5) is 22.4. The van der Waals surface area contributed by atoms with E-state index in [0.717, 1.165) is 18.2 Å². The van der Waals surface area contributed by atoms with E-state index in [2.05, 4.69) is 5.32 Å². The van der Waals surface area contributed by atoms with Crippen LogP contribution in [0.3, 0.4) is 0 Å². The van der Waals surface area contributed by atoms with Crippen LogP contribution in [0.4, 0.5) is 11.4 Å². The van der Waals surface area contributed by atoms with Gasteiger partial charge in [-0.1, -0.05) is 0 Å². The van der Waals surface area contributed by atoms with Gasteiger partial charge in [0.1, 0.15) is 13.2 Å². The van der Waals surface area contributed by atoms with Gasteiger partial charge in [0.2, 0.25) is 10.0 Å². The fourth-order valence-electron chi connectivity index (χ4n) is 2.53. The summed E-state index contributed by atoms with van der Waals surface area (Å²) in [5.41, 5.74) is -0.204. The lowest BCUT2D eigenvalue weighted by Crippen LogP contribution is -2.30. The van der Waals surface area contributed by atoms with E-state index in [9.17, 15) is 23.3 Å². The molecule has 1 aliphatic rings. The Balaban J connectivity index is 1.75. The molecule has 29 heavy (non-hydrogen) atoms. The van der Waals surface area contributed by atoms with E-state index in [1.54, 1.807) is 18.2 Å². The molecule has 0 saturated carbocycles. The van der Waals surface area contributed by atoms with E-state index in [4.69, 9.17) is 19.3 Å². The molecule has 3 N–H and O–H groups in total. The van der Waals surface area contributed by atoms with Crippen LogP contribution in [0.5, 0.6) is 17.2 Å². The summed E-state index contributed by atoms with van der Waals surface area (Å²) in [5.74, 6) is 0.194. The Morgan fingerprint density at radius 3 is 2.55 bits per heavy atom. The molecule has 1 unspecified atom stereocenters. The average molecular weight is 423 g/mol. The summed E-state index contributed by atoms with van der Waals surface area (Å²) in [5, 5.41) is 18.8. The van der Waals surface area contributed by atoms with Gasteiger partial charge in [0, 0.05) is 17.8 Å². The van der Waals surface area contributed by atoms with Crippen LogP contribution in [0.25, 0.3) is 0 Å². The lowest BCUT2D eigenvalue weighted by Gasteiger charge is -2.19. The summed E-state index contributed by atoms with van der Waals surface area (Å²) in [7, 11) is -4.13. The second-order valence-corrected chi connectivity index (χ2v) is 7.60. The first kappa shape index (κ1) is 20.4. The first-order valence-corrected chi connectivity index (χ1v) is 9.88. The SMILES string of the molecule is CC(Oc1ccc(S(N)(=O)=O)cc1[N+](=O)[O-])C(=O)Nc1ccc2c(c1)OCCO2. The number of carbonyl (C=O) groups is 1. The Morgan fingerprint density at radius 1 is 1.21 bits per heavy atom. The van der Waals surface area contributed by atoms with Gasteiger partial charge in [-0.05, 0) is 31.2 Å². The number of rotatable bonds is 6. The molecule has 0 bridgehead atoms. The zero-order chi connectivity index (χ0) is 21.2. The molecule has 0 saturated heterocycles. The van der Waals surface area contributed by atoms with E-state index in [0.29, 0.717) is 30.4 Å². The Hall–Kier alpha value is -3.38. The Kier molecular flexibility index (Phi) is 5.57. The highest BCUT2D eigenvalue weighted by Gasteiger charge is 2.24. The number of hydrogen-bond donors (Lipinski definition) is 2. The number of amides is 1. The van der Waals surface area contributed by atoms with Crippen molar-refractivity contribution in [1.82, 2.24) is 0 Å². The maximum Gasteiger partial charge on any atom is 0.312 e. The van der Waals surface area contributed by atoms with Crippen LogP contribution in [0.15, 0.2) is 41.3 Å². The molecule has 1 aliphatic heterocycles. The van der Waals surface area contributed by atoms with E-state index >= 15 is 0 Å². The van der Waals surface area contributed by atoms with Crippen molar-refractivity contribution in [2.75, 3.05) is 18.5 Å². The number of nitrogens with zero attached hydrogens (tertiary/aromatic N) is 1. The highest BCUT2D eigenvalue weighted by atomic mass is 32.2. The molecule has 0 radical (unpaired) electrons. The van der Waals surface area contributed by atoms with Crippen molar-refractivity contribution in [3.8, 4) is 17.2 Å². The van der Waals surface area contributed by atoms with Gasteiger partial charge in [0.25, 0.3) is 5.91 Å². The molecule has 2 aromatic rings. The van der Waals surface area contributed by atoms with Crippen molar-refractivity contribution in [2.24, 2.45) is 5.14 Å². The van der Waals surface area contributed by atoms with E-state index < -0.39 is 37.5 Å². The number of hydrogen-bond acceptors (Lipinski definition) is 8. The number of ether oxygens (including phenoxy) is 3. The first-order chi connectivity index (χ1) is 13.6. The van der Waals surface area contributed by atoms with Crippen LogP contribution < -0.4 is 24.7 Å². The predicted octanol–water partition coefficient (Wildman–Crippen LogP) is 1.42. The standard InChI is InChI=1S/C17H17N3O8S/c1-10(17(21)19-11-2-4-15-16(8-11)27-7-6-26-15)28-14-5-3-12(29(18,24)25)9-13(14)20(22)23/h2-5,8-10H,6-7H2,1H3,(H,19,21)(H2,18,24,25). The number of anilines is 1. The lowest BCUT2D eigenvalue weighted by molar-refractivity contribution is -0.386. The quantitative estimate of drug-likeness (QED) is 0.521. The number of benzene rings is 2. The van der Waals surface area contributed by atoms with Crippen LogP contribution in [-0.2, 0) is 14.8 Å². The highest BCUT2D eigenvalue weighted by Crippen LogP contribution is 2.33. The predicted molar refractivity (Wildman–Crippen MR) is 101 cm³/mol. The van der Waals surface area contributed by atoms with Gasteiger partial charge in [-0.25, -0.2) is 13.6 Å². The highest BCUT2D eigenvalue weighted by molar-refractivity contribution is 7.89. The largest absolute Gasteiger partial charge is 0.486 e. The Bertz CT molecular complexity index is 1070. The average Bonchev–Trinajstić information content (AvgIpc) is 2.67. The monoisotopic (exact) mass is 423 g/mol. The van der Waals surface area contributed by atoms with Gasteiger partial charge in [-0.2, -0.15) is 0 Å². The number of primary sulfonamides is 1. The fraction of sp³-hybridized carbons (Fsp3) is 0.235. The lowest BCUT2D eigenvalue weighted by atomic mass is 10.2. The normalized spacial score (nSPS) is 14.0. The van der Waals surface area contributed by atoms with Crippen LogP contribution in [0.2, 0.25) is 0 Å². The molecular weight excluding hydrogens is 406 g/mol. The van der Waals surface area contributed by atoms with Crippen LogP contribution in [-0.4, -0.2) is 38.6 Å². The van der Waals surface area contributed by atoms with E-state index in [1.165, 1.54) is 6.92 Å². The second kappa shape index (κ2) is 7.93. The van der Waals surface area contributed by atoms with Gasteiger partial charge >= 0.3 is 5.69 Å². The zero-order valence-electron chi connectivity index (χ0n) is 15.2. The maximum absolute atomic E-state index is 12.4. The van der Waals surface area contributed by atoms with Crippen molar-refractivity contribution in [3.05, 3.63) is 46.5 Å². The van der Waals surface area contributed by atoms with Gasteiger partial charge < -0.3 is 19.5 Å². The summed E-state index contributed by atoms with van der Waals surface area (Å²) in [6.07, 6.45) is -1.12. The first-order valence-electron chi connectivity index (χ1n) is 8.33. The molecule has 1 atom stereocenters. The fourth-order valence-corrected chi connectivity index (χ4v) is 3.06. The number of nitrogens with two attached hydrogens (primary N) is 1. The third kappa shape index (κ3) is 4.73. The molecule has 0 fully saturated rings. The topological polar surface area (TPSA) is 160 Å². The Labute approximate surface area is 165 Å². The van der Waals surface area contributed by atoms with Crippen molar-refractivity contribution >= 4 is 27.3 Å². The summed E-state index contributed by atoms with van der Waals surface area (Å²) in [6.45, 7) is 2.22. The third-order valence-corrected chi connectivity index (χ3v) is 4.85. The molecule has 12 heteroatoms. The Morgan fingerprint density at radius 2 is 1.90 bits per heavy atom. The summed E-state index contributed by atoms with van der Waals surface area (Å²) < 4.78 is 39.0. The molecular formula is C17H17N3O8S. The van der Waals surface area contributed by atoms with E-state index in [1.807, 2.05) is 0 Å². The van der Waals surface area contributed by atoms with Gasteiger partial charge in [0.05, 0.1) is 9.82 Å². The molecule has 1 heterocycles.